The molecule has 1 rings (SSSR count). The van der Waals surface area contributed by atoms with E-state index in [1.807, 2.05) is 0 Å². The maximum absolute atomic E-state index is 11.8. The Bertz CT molecular complexity index is 626. The number of hydrogen-bond acceptors (Lipinski definition) is 5. The molecule has 0 aliphatic carbocycles. The minimum Gasteiger partial charge on any atom is -0.397 e. The molecule has 5 N–H and O–H groups in total. The van der Waals surface area contributed by atoms with E-state index in [4.69, 9.17) is 5.73 Å². The van der Waals surface area contributed by atoms with Crippen molar-refractivity contribution in [3.8, 4) is 0 Å². The highest BCUT2D eigenvalue weighted by molar-refractivity contribution is 7.89. The number of carbonyl (C=O) groups excluding carboxylic acids is 1. The van der Waals surface area contributed by atoms with Gasteiger partial charge in [-0.25, -0.2) is 13.1 Å². The third-order valence-corrected chi connectivity index (χ3v) is 4.58. The Morgan fingerprint density at radius 3 is 2.43 bits per heavy atom. The average Bonchev–Trinajstić information content (AvgIpc) is 2.45. The van der Waals surface area contributed by atoms with Gasteiger partial charge in [0.05, 0.1) is 21.7 Å². The summed E-state index contributed by atoms with van der Waals surface area (Å²) in [5.74, 6) is -0.118. The lowest BCUT2D eigenvalue weighted by atomic mass is 9.92. The Hall–Kier alpha value is -1.80. The molecule has 0 saturated heterocycles. The predicted octanol–water partition coefficient (Wildman–Crippen LogP) is 0.361. The van der Waals surface area contributed by atoms with Gasteiger partial charge < -0.3 is 16.4 Å². The van der Waals surface area contributed by atoms with E-state index >= 15 is 0 Å². The normalized spacial score (nSPS) is 12.0. The van der Waals surface area contributed by atoms with Crippen LogP contribution in [-0.4, -0.2) is 35.0 Å². The van der Waals surface area contributed by atoms with Gasteiger partial charge in [0.2, 0.25) is 15.9 Å². The average molecular weight is 314 g/mol. The van der Waals surface area contributed by atoms with Crippen molar-refractivity contribution >= 4 is 27.3 Å². The van der Waals surface area contributed by atoms with Gasteiger partial charge in [0.25, 0.3) is 0 Å². The highest BCUT2D eigenvalue weighted by atomic mass is 32.2. The lowest BCUT2D eigenvalue weighted by Gasteiger charge is -2.24. The molecular formula is C13H22N4O3S. The Morgan fingerprint density at radius 1 is 1.29 bits per heavy atom. The van der Waals surface area contributed by atoms with Gasteiger partial charge >= 0.3 is 0 Å². The molecule has 21 heavy (non-hydrogen) atoms. The topological polar surface area (TPSA) is 113 Å². The summed E-state index contributed by atoms with van der Waals surface area (Å²) in [6.45, 7) is 3.88. The Morgan fingerprint density at radius 2 is 1.90 bits per heavy atom. The fourth-order valence-electron chi connectivity index (χ4n) is 1.71. The summed E-state index contributed by atoms with van der Waals surface area (Å²) < 4.78 is 25.8. The molecule has 7 nitrogen and oxygen atoms in total. The summed E-state index contributed by atoms with van der Waals surface area (Å²) in [7, 11) is -0.628. The van der Waals surface area contributed by atoms with Crippen LogP contribution in [0.5, 0.6) is 0 Å². The minimum atomic E-state index is -3.54. The monoisotopic (exact) mass is 314 g/mol. The number of nitrogen functional groups attached to an aromatic ring is 1. The van der Waals surface area contributed by atoms with E-state index in [0.29, 0.717) is 17.9 Å². The quantitative estimate of drug-likeness (QED) is 0.566. The first kappa shape index (κ1) is 17.3. The number of nitrogens with two attached hydrogens (primary N) is 1. The first-order chi connectivity index (χ1) is 9.64. The van der Waals surface area contributed by atoms with Crippen molar-refractivity contribution in [2.75, 3.05) is 31.7 Å². The fourth-order valence-corrected chi connectivity index (χ4v) is 2.46. The summed E-state index contributed by atoms with van der Waals surface area (Å²) >= 11 is 0. The Kier molecular flexibility index (Phi) is 5.19. The summed E-state index contributed by atoms with van der Waals surface area (Å²) in [4.78, 5) is 11.8. The van der Waals surface area contributed by atoms with Crippen molar-refractivity contribution in [1.82, 2.24) is 10.0 Å². The molecule has 0 atom stereocenters. The second kappa shape index (κ2) is 6.31. The number of sulfonamides is 1. The molecule has 0 spiro atoms. The molecule has 0 heterocycles. The SMILES string of the molecule is CNC(=O)C(C)(C)CNc1cc(S(=O)(=O)NC)ccc1N. The number of nitrogens with one attached hydrogen (secondary N) is 3. The third-order valence-electron chi connectivity index (χ3n) is 3.17. The first-order valence-electron chi connectivity index (χ1n) is 6.43. The number of benzene rings is 1. The van der Waals surface area contributed by atoms with Crippen LogP contribution in [0.2, 0.25) is 0 Å². The minimum absolute atomic E-state index is 0.111. The molecule has 0 radical (unpaired) electrons. The fraction of sp³-hybridized carbons (Fsp3) is 0.462. The standard InChI is InChI=1S/C13H22N4O3S/c1-13(2,12(18)15-3)8-17-11-7-9(5-6-10(11)14)21(19,20)16-4/h5-7,16-17H,8,14H2,1-4H3,(H,15,18). The van der Waals surface area contributed by atoms with Crippen LogP contribution >= 0.6 is 0 Å². The molecule has 0 aliphatic heterocycles. The van der Waals surface area contributed by atoms with E-state index in [1.54, 1.807) is 20.9 Å². The number of amides is 1. The molecule has 118 valence electrons. The predicted molar refractivity (Wildman–Crippen MR) is 83.4 cm³/mol. The van der Waals surface area contributed by atoms with Gasteiger partial charge in [-0.05, 0) is 39.1 Å². The van der Waals surface area contributed by atoms with Gasteiger partial charge in [0.15, 0.2) is 0 Å². The van der Waals surface area contributed by atoms with Crippen molar-refractivity contribution in [3.05, 3.63) is 18.2 Å². The Balaban J connectivity index is 2.99. The van der Waals surface area contributed by atoms with Crippen LogP contribution in [0.25, 0.3) is 0 Å². The van der Waals surface area contributed by atoms with E-state index in [1.165, 1.54) is 25.2 Å². The van der Waals surface area contributed by atoms with E-state index in [-0.39, 0.29) is 10.8 Å². The van der Waals surface area contributed by atoms with Gasteiger partial charge in [0, 0.05) is 13.6 Å². The maximum Gasteiger partial charge on any atom is 0.240 e. The lowest BCUT2D eigenvalue weighted by Crippen LogP contribution is -2.39. The highest BCUT2D eigenvalue weighted by Crippen LogP contribution is 2.25. The molecule has 1 amide bonds. The van der Waals surface area contributed by atoms with Gasteiger partial charge in [0.1, 0.15) is 0 Å². The zero-order valence-corrected chi connectivity index (χ0v) is 13.5. The molecular weight excluding hydrogens is 292 g/mol. The second-order valence-electron chi connectivity index (χ2n) is 5.27. The third kappa shape index (κ3) is 4.08. The smallest absolute Gasteiger partial charge is 0.240 e. The summed E-state index contributed by atoms with van der Waals surface area (Å²) in [5.41, 5.74) is 6.07. The molecule has 0 saturated carbocycles. The van der Waals surface area contributed by atoms with E-state index < -0.39 is 15.4 Å². The van der Waals surface area contributed by atoms with Crippen molar-refractivity contribution in [3.63, 3.8) is 0 Å². The lowest BCUT2D eigenvalue weighted by molar-refractivity contribution is -0.128. The van der Waals surface area contributed by atoms with Gasteiger partial charge in [-0.1, -0.05) is 0 Å². The van der Waals surface area contributed by atoms with Crippen LogP contribution in [0.4, 0.5) is 11.4 Å². The number of carbonyl (C=O) groups is 1. The van der Waals surface area contributed by atoms with E-state index in [9.17, 15) is 13.2 Å². The molecule has 0 bridgehead atoms. The van der Waals surface area contributed by atoms with Crippen molar-refractivity contribution in [2.24, 2.45) is 5.41 Å². The number of anilines is 2. The molecule has 1 aromatic rings. The van der Waals surface area contributed by atoms with Crippen LogP contribution < -0.4 is 21.1 Å². The molecule has 0 aliphatic rings. The molecule has 0 fully saturated rings. The largest absolute Gasteiger partial charge is 0.397 e. The molecule has 1 aromatic carbocycles. The highest BCUT2D eigenvalue weighted by Gasteiger charge is 2.26. The molecule has 8 heteroatoms. The zero-order chi connectivity index (χ0) is 16.3. The van der Waals surface area contributed by atoms with Gasteiger partial charge in [-0.3, -0.25) is 4.79 Å². The molecule has 0 aromatic heterocycles. The number of rotatable bonds is 6. The molecule has 0 unspecified atom stereocenters. The van der Waals surface area contributed by atoms with Crippen molar-refractivity contribution < 1.29 is 13.2 Å². The van der Waals surface area contributed by atoms with Crippen LogP contribution in [0.1, 0.15) is 13.8 Å². The van der Waals surface area contributed by atoms with E-state index in [2.05, 4.69) is 15.4 Å². The van der Waals surface area contributed by atoms with Gasteiger partial charge in [-0.15, -0.1) is 0 Å². The first-order valence-corrected chi connectivity index (χ1v) is 7.91. The number of hydrogen-bond donors (Lipinski definition) is 4. The van der Waals surface area contributed by atoms with Gasteiger partial charge in [-0.2, -0.15) is 0 Å². The van der Waals surface area contributed by atoms with E-state index in [0.717, 1.165) is 0 Å². The van der Waals surface area contributed by atoms with Crippen LogP contribution in [-0.2, 0) is 14.8 Å². The van der Waals surface area contributed by atoms with Crippen molar-refractivity contribution in [2.45, 2.75) is 18.7 Å². The van der Waals surface area contributed by atoms with Crippen LogP contribution in [0, 0.1) is 5.41 Å². The zero-order valence-electron chi connectivity index (χ0n) is 12.6. The summed E-state index contributed by atoms with van der Waals surface area (Å²) in [6, 6.07) is 4.39. The Labute approximate surface area is 125 Å². The summed E-state index contributed by atoms with van der Waals surface area (Å²) in [6.07, 6.45) is 0. The second-order valence-corrected chi connectivity index (χ2v) is 7.16. The van der Waals surface area contributed by atoms with Crippen molar-refractivity contribution in [1.29, 1.82) is 0 Å². The summed E-state index contributed by atoms with van der Waals surface area (Å²) in [5, 5.41) is 5.61. The maximum atomic E-state index is 11.8. The van der Waals surface area contributed by atoms with Crippen LogP contribution in [0.15, 0.2) is 23.1 Å². The van der Waals surface area contributed by atoms with Crippen LogP contribution in [0.3, 0.4) is 0 Å².